The summed E-state index contributed by atoms with van der Waals surface area (Å²) in [6, 6.07) is 6.92. The van der Waals surface area contributed by atoms with Gasteiger partial charge in [0.05, 0.1) is 23.5 Å². The standard InChI is InChI=1S/C15H15F3N3O/c1-8-13(14(20-19-8)15(16,17)18)21(2)11-7-12(22)10-6-4-3-5-9(10)11/h3-6,11-12,22H,7H2,1-2H3. The van der Waals surface area contributed by atoms with Crippen LogP contribution in [0.1, 0.15) is 36.6 Å². The summed E-state index contributed by atoms with van der Waals surface area (Å²) in [6.45, 7) is 1.51. The highest BCUT2D eigenvalue weighted by atomic mass is 19.4. The van der Waals surface area contributed by atoms with Crippen molar-refractivity contribution in [2.75, 3.05) is 7.05 Å². The molecular formula is C15H15F3N3O. The zero-order valence-corrected chi connectivity index (χ0v) is 12.1. The molecule has 1 aliphatic heterocycles. The van der Waals surface area contributed by atoms with Crippen LogP contribution in [0.3, 0.4) is 0 Å². The van der Waals surface area contributed by atoms with Crippen molar-refractivity contribution in [2.45, 2.75) is 31.7 Å². The lowest BCUT2D eigenvalue weighted by Crippen LogP contribution is -2.34. The highest BCUT2D eigenvalue weighted by molar-refractivity contribution is 6.05. The summed E-state index contributed by atoms with van der Waals surface area (Å²) >= 11 is 0. The maximum Gasteiger partial charge on any atom is 0.437 e. The van der Waals surface area contributed by atoms with E-state index in [4.69, 9.17) is 0 Å². The monoisotopic (exact) mass is 310 g/mol. The summed E-state index contributed by atoms with van der Waals surface area (Å²) < 4.78 is 39.3. The lowest BCUT2D eigenvalue weighted by Gasteiger charge is -2.29. The quantitative estimate of drug-likeness (QED) is 0.913. The van der Waals surface area contributed by atoms with Crippen LogP contribution in [-0.2, 0) is 0 Å². The van der Waals surface area contributed by atoms with Crippen molar-refractivity contribution in [3.8, 4) is 0 Å². The van der Waals surface area contributed by atoms with Gasteiger partial charge >= 0.3 is 6.18 Å². The number of allylic oxidation sites excluding steroid dienone is 2. The lowest BCUT2D eigenvalue weighted by molar-refractivity contribution is -0.0594. The van der Waals surface area contributed by atoms with Crippen molar-refractivity contribution in [3.05, 3.63) is 46.8 Å². The van der Waals surface area contributed by atoms with Crippen LogP contribution in [0.2, 0.25) is 0 Å². The van der Waals surface area contributed by atoms with Crippen LogP contribution < -0.4 is 5.43 Å². The van der Waals surface area contributed by atoms with Gasteiger partial charge in [-0.2, -0.15) is 18.6 Å². The minimum atomic E-state index is -4.55. The Morgan fingerprint density at radius 1 is 1.23 bits per heavy atom. The van der Waals surface area contributed by atoms with E-state index in [9.17, 15) is 18.3 Å². The first kappa shape index (κ1) is 14.9. The summed E-state index contributed by atoms with van der Waals surface area (Å²) in [5.74, 6) is 0. The van der Waals surface area contributed by atoms with E-state index in [-0.39, 0.29) is 17.4 Å². The van der Waals surface area contributed by atoms with Crippen LogP contribution in [0, 0.1) is 0 Å². The SMILES string of the molecule is CC1=C(N(C)C2CC(O)c3ccccc32)C(C(F)(F)F)=N[N]1. The minimum absolute atomic E-state index is 0.0265. The number of hydrogen-bond donors (Lipinski definition) is 1. The van der Waals surface area contributed by atoms with Gasteiger partial charge in [-0.05, 0) is 18.1 Å². The molecule has 0 bridgehead atoms. The molecule has 7 heteroatoms. The van der Waals surface area contributed by atoms with Gasteiger partial charge in [0, 0.05) is 13.5 Å². The molecule has 2 atom stereocenters. The van der Waals surface area contributed by atoms with Gasteiger partial charge in [-0.3, -0.25) is 0 Å². The Morgan fingerprint density at radius 3 is 2.50 bits per heavy atom. The number of hydrogen-bond acceptors (Lipinski definition) is 3. The van der Waals surface area contributed by atoms with Gasteiger partial charge in [0.1, 0.15) is 0 Å². The topological polar surface area (TPSA) is 49.9 Å². The van der Waals surface area contributed by atoms with Crippen molar-refractivity contribution in [1.82, 2.24) is 10.3 Å². The van der Waals surface area contributed by atoms with Crippen LogP contribution in [0.25, 0.3) is 0 Å². The number of aliphatic hydroxyl groups excluding tert-OH is 1. The third kappa shape index (κ3) is 2.25. The predicted molar refractivity (Wildman–Crippen MR) is 74.8 cm³/mol. The zero-order chi connectivity index (χ0) is 16.1. The maximum absolute atomic E-state index is 13.1. The average molecular weight is 310 g/mol. The molecule has 0 saturated heterocycles. The number of rotatable bonds is 2. The molecule has 0 spiro atoms. The van der Waals surface area contributed by atoms with E-state index in [0.717, 1.165) is 11.1 Å². The molecule has 1 radical (unpaired) electrons. The Balaban J connectivity index is 1.97. The van der Waals surface area contributed by atoms with Crippen molar-refractivity contribution < 1.29 is 18.3 Å². The second-order valence-corrected chi connectivity index (χ2v) is 5.49. The van der Waals surface area contributed by atoms with Gasteiger partial charge in [0.25, 0.3) is 0 Å². The molecule has 0 saturated carbocycles. The van der Waals surface area contributed by atoms with Gasteiger partial charge < -0.3 is 10.0 Å². The van der Waals surface area contributed by atoms with Crippen LogP contribution in [0.4, 0.5) is 13.2 Å². The molecule has 4 nitrogen and oxygen atoms in total. The predicted octanol–water partition coefficient (Wildman–Crippen LogP) is 2.86. The normalized spacial score (nSPS) is 24.2. The molecule has 0 amide bonds. The largest absolute Gasteiger partial charge is 0.437 e. The van der Waals surface area contributed by atoms with Crippen molar-refractivity contribution in [1.29, 1.82) is 0 Å². The molecule has 2 aliphatic rings. The molecule has 1 aromatic carbocycles. The lowest BCUT2D eigenvalue weighted by atomic mass is 10.1. The fourth-order valence-electron chi connectivity index (χ4n) is 3.11. The Labute approximate surface area is 125 Å². The van der Waals surface area contributed by atoms with Crippen LogP contribution in [0.5, 0.6) is 0 Å². The third-order valence-corrected chi connectivity index (χ3v) is 4.12. The Bertz CT molecular complexity index is 666. The number of aliphatic hydroxyl groups is 1. The van der Waals surface area contributed by atoms with E-state index in [1.54, 1.807) is 13.1 Å². The molecule has 1 aliphatic carbocycles. The van der Waals surface area contributed by atoms with Crippen LogP contribution >= 0.6 is 0 Å². The van der Waals surface area contributed by atoms with Gasteiger partial charge in [-0.1, -0.05) is 24.3 Å². The Kier molecular flexibility index (Phi) is 3.40. The third-order valence-electron chi connectivity index (χ3n) is 4.12. The molecule has 2 unspecified atom stereocenters. The van der Waals surface area contributed by atoms with Crippen molar-refractivity contribution >= 4 is 5.71 Å². The number of alkyl halides is 3. The molecule has 22 heavy (non-hydrogen) atoms. The van der Waals surface area contributed by atoms with Gasteiger partial charge in [-0.15, -0.1) is 5.10 Å². The number of benzene rings is 1. The Morgan fingerprint density at radius 2 is 1.86 bits per heavy atom. The first-order chi connectivity index (χ1) is 10.3. The first-order valence-corrected chi connectivity index (χ1v) is 6.87. The van der Waals surface area contributed by atoms with Crippen molar-refractivity contribution in [3.63, 3.8) is 0 Å². The van der Waals surface area contributed by atoms with E-state index < -0.39 is 18.0 Å². The van der Waals surface area contributed by atoms with Crippen molar-refractivity contribution in [2.24, 2.45) is 5.10 Å². The molecule has 1 N–H and O–H groups in total. The van der Waals surface area contributed by atoms with E-state index in [0.29, 0.717) is 6.42 Å². The summed E-state index contributed by atoms with van der Waals surface area (Å²) in [6.07, 6.45) is -4.88. The minimum Gasteiger partial charge on any atom is -0.388 e. The number of nitrogens with zero attached hydrogens (tertiary/aromatic N) is 3. The fraction of sp³-hybridized carbons (Fsp3) is 0.400. The molecular weight excluding hydrogens is 295 g/mol. The number of halogens is 3. The van der Waals surface area contributed by atoms with E-state index in [1.807, 2.05) is 18.2 Å². The summed E-state index contributed by atoms with van der Waals surface area (Å²) in [5.41, 5.74) is 4.40. The maximum atomic E-state index is 13.1. The van der Waals surface area contributed by atoms with E-state index in [2.05, 4.69) is 10.5 Å². The van der Waals surface area contributed by atoms with E-state index in [1.165, 1.54) is 11.8 Å². The molecule has 3 rings (SSSR count). The van der Waals surface area contributed by atoms with Crippen LogP contribution in [0.15, 0.2) is 40.8 Å². The van der Waals surface area contributed by atoms with Gasteiger partial charge in [0.2, 0.25) is 0 Å². The number of fused-ring (bicyclic) bond motifs is 1. The summed E-state index contributed by atoms with van der Waals surface area (Å²) in [4.78, 5) is 1.52. The second kappa shape index (κ2) is 5.01. The average Bonchev–Trinajstić information content (AvgIpc) is 3.00. The highest BCUT2D eigenvalue weighted by Crippen LogP contribution is 2.44. The van der Waals surface area contributed by atoms with Gasteiger partial charge in [-0.25, -0.2) is 0 Å². The first-order valence-electron chi connectivity index (χ1n) is 6.87. The second-order valence-electron chi connectivity index (χ2n) is 5.49. The Hall–Kier alpha value is -2.02. The highest BCUT2D eigenvalue weighted by Gasteiger charge is 2.45. The molecule has 117 valence electrons. The van der Waals surface area contributed by atoms with Gasteiger partial charge in [0.15, 0.2) is 5.71 Å². The molecule has 1 heterocycles. The van der Waals surface area contributed by atoms with E-state index >= 15 is 0 Å². The fourth-order valence-corrected chi connectivity index (χ4v) is 3.11. The molecule has 1 aromatic rings. The molecule has 0 fully saturated rings. The van der Waals surface area contributed by atoms with Crippen LogP contribution in [-0.4, -0.2) is 28.9 Å². The summed E-state index contributed by atoms with van der Waals surface area (Å²) in [5, 5.41) is 13.4. The smallest absolute Gasteiger partial charge is 0.388 e. The molecule has 0 aromatic heterocycles. The summed E-state index contributed by atoms with van der Waals surface area (Å²) in [7, 11) is 1.58. The zero-order valence-electron chi connectivity index (χ0n) is 12.1.